The third-order valence-electron chi connectivity index (χ3n) is 1.87. The van der Waals surface area contributed by atoms with Gasteiger partial charge in [0.05, 0.1) is 4.92 Å². The number of carbonyl (C=O) groups is 1. The van der Waals surface area contributed by atoms with Crippen LogP contribution in [0.25, 0.3) is 6.08 Å². The molecule has 0 aliphatic rings. The van der Waals surface area contributed by atoms with Crippen LogP contribution in [-0.4, -0.2) is 23.7 Å². The van der Waals surface area contributed by atoms with E-state index in [-0.39, 0.29) is 5.69 Å². The van der Waals surface area contributed by atoms with Gasteiger partial charge in [-0.2, -0.15) is 13.2 Å². The number of halogens is 3. The van der Waals surface area contributed by atoms with Gasteiger partial charge in [0, 0.05) is 18.2 Å². The lowest BCUT2D eigenvalue weighted by Crippen LogP contribution is -2.19. The molecular weight excluding hydrogens is 267 g/mol. The second kappa shape index (κ2) is 5.98. The normalized spacial score (nSPS) is 11.5. The van der Waals surface area contributed by atoms with Crippen LogP contribution in [0, 0.1) is 10.1 Å². The third kappa shape index (κ3) is 5.66. The zero-order valence-electron chi connectivity index (χ0n) is 9.39. The summed E-state index contributed by atoms with van der Waals surface area (Å²) in [6, 6.07) is 5.27. The minimum atomic E-state index is -4.59. The number of rotatable bonds is 4. The lowest BCUT2D eigenvalue weighted by Gasteiger charge is -2.05. The fourth-order valence-corrected chi connectivity index (χ4v) is 1.11. The van der Waals surface area contributed by atoms with E-state index in [0.29, 0.717) is 5.56 Å². The Morgan fingerprint density at radius 3 is 2.68 bits per heavy atom. The Bertz CT molecular complexity index is 511. The van der Waals surface area contributed by atoms with Gasteiger partial charge in [0.2, 0.25) is 0 Å². The van der Waals surface area contributed by atoms with E-state index in [1.54, 1.807) is 0 Å². The van der Waals surface area contributed by atoms with Gasteiger partial charge < -0.3 is 4.74 Å². The van der Waals surface area contributed by atoms with Crippen LogP contribution in [0.15, 0.2) is 30.3 Å². The van der Waals surface area contributed by atoms with E-state index in [9.17, 15) is 28.1 Å². The molecule has 1 aromatic carbocycles. The first kappa shape index (κ1) is 14.7. The van der Waals surface area contributed by atoms with Crippen LogP contribution >= 0.6 is 0 Å². The minimum absolute atomic E-state index is 0.189. The molecular formula is C11H8F3NO4. The van der Waals surface area contributed by atoms with E-state index in [4.69, 9.17) is 0 Å². The van der Waals surface area contributed by atoms with Crippen LogP contribution in [0.4, 0.5) is 18.9 Å². The molecule has 8 heteroatoms. The maximum absolute atomic E-state index is 11.7. The summed E-state index contributed by atoms with van der Waals surface area (Å²) >= 11 is 0. The number of nitro benzene ring substituents is 1. The highest BCUT2D eigenvalue weighted by Crippen LogP contribution is 2.16. The van der Waals surface area contributed by atoms with Gasteiger partial charge in [-0.1, -0.05) is 12.1 Å². The molecule has 0 atom stereocenters. The fourth-order valence-electron chi connectivity index (χ4n) is 1.11. The summed E-state index contributed by atoms with van der Waals surface area (Å²) in [5, 5.41) is 10.5. The van der Waals surface area contributed by atoms with Gasteiger partial charge in [-0.25, -0.2) is 4.79 Å². The van der Waals surface area contributed by atoms with E-state index < -0.39 is 23.7 Å². The van der Waals surface area contributed by atoms with Crippen molar-refractivity contribution in [1.29, 1.82) is 0 Å². The lowest BCUT2D eigenvalue weighted by molar-refractivity contribution is -0.384. The van der Waals surface area contributed by atoms with Crippen LogP contribution in [0.3, 0.4) is 0 Å². The summed E-state index contributed by atoms with van der Waals surface area (Å²) in [6.45, 7) is -1.68. The molecule has 1 rings (SSSR count). The predicted molar refractivity (Wildman–Crippen MR) is 59.1 cm³/mol. The van der Waals surface area contributed by atoms with Crippen LogP contribution in [0.2, 0.25) is 0 Å². The van der Waals surface area contributed by atoms with Gasteiger partial charge >= 0.3 is 12.1 Å². The molecule has 0 radical (unpaired) electrons. The third-order valence-corrected chi connectivity index (χ3v) is 1.87. The Kier molecular flexibility index (Phi) is 4.62. The summed E-state index contributed by atoms with van der Waals surface area (Å²) in [7, 11) is 0. The SMILES string of the molecule is O=C(C=Cc1cccc([N+](=O)[O-])c1)OCC(F)(F)F. The summed E-state index contributed by atoms with van der Waals surface area (Å²) < 4.78 is 39.2. The van der Waals surface area contributed by atoms with Crippen LogP contribution in [0.5, 0.6) is 0 Å². The van der Waals surface area contributed by atoms with Crippen molar-refractivity contribution in [2.45, 2.75) is 6.18 Å². The lowest BCUT2D eigenvalue weighted by atomic mass is 10.2. The molecule has 19 heavy (non-hydrogen) atoms. The molecule has 0 fully saturated rings. The van der Waals surface area contributed by atoms with Gasteiger partial charge in [-0.3, -0.25) is 10.1 Å². The maximum atomic E-state index is 11.7. The van der Waals surface area contributed by atoms with Crippen molar-refractivity contribution in [1.82, 2.24) is 0 Å². The number of hydrogen-bond acceptors (Lipinski definition) is 4. The number of benzene rings is 1. The molecule has 0 N–H and O–H groups in total. The van der Waals surface area contributed by atoms with Crippen molar-refractivity contribution >= 4 is 17.7 Å². The number of hydrogen-bond donors (Lipinski definition) is 0. The van der Waals surface area contributed by atoms with Crippen LogP contribution in [-0.2, 0) is 9.53 Å². The molecule has 0 saturated heterocycles. The van der Waals surface area contributed by atoms with Crippen molar-refractivity contribution in [3.8, 4) is 0 Å². The first-order valence-corrected chi connectivity index (χ1v) is 4.94. The second-order valence-corrected chi connectivity index (χ2v) is 3.41. The van der Waals surface area contributed by atoms with Crippen molar-refractivity contribution in [3.05, 3.63) is 46.0 Å². The number of carbonyl (C=O) groups excluding carboxylic acids is 1. The zero-order valence-corrected chi connectivity index (χ0v) is 9.39. The highest BCUT2D eigenvalue weighted by Gasteiger charge is 2.29. The van der Waals surface area contributed by atoms with Gasteiger partial charge in [0.15, 0.2) is 6.61 Å². The topological polar surface area (TPSA) is 69.4 Å². The van der Waals surface area contributed by atoms with Crippen molar-refractivity contribution in [2.75, 3.05) is 6.61 Å². The van der Waals surface area contributed by atoms with E-state index >= 15 is 0 Å². The van der Waals surface area contributed by atoms with E-state index in [1.165, 1.54) is 24.3 Å². The average molecular weight is 275 g/mol. The molecule has 0 unspecified atom stereocenters. The largest absolute Gasteiger partial charge is 0.453 e. The van der Waals surface area contributed by atoms with Crippen LogP contribution in [0.1, 0.15) is 5.56 Å². The molecule has 0 heterocycles. The number of non-ortho nitro benzene ring substituents is 1. The molecule has 102 valence electrons. The Morgan fingerprint density at radius 2 is 2.11 bits per heavy atom. The predicted octanol–water partition coefficient (Wildman–Crippen LogP) is 2.71. The molecule has 0 aliphatic heterocycles. The van der Waals surface area contributed by atoms with Gasteiger partial charge in [-0.15, -0.1) is 0 Å². The van der Waals surface area contributed by atoms with Gasteiger partial charge in [0.25, 0.3) is 5.69 Å². The Morgan fingerprint density at radius 1 is 1.42 bits per heavy atom. The number of esters is 1. The Hall–Kier alpha value is -2.38. The standard InChI is InChI=1S/C11H8F3NO4/c12-11(13,14)7-19-10(16)5-4-8-2-1-3-9(6-8)15(17)18/h1-6H,7H2. The molecule has 0 aliphatic carbocycles. The molecule has 5 nitrogen and oxygen atoms in total. The van der Waals surface area contributed by atoms with Crippen LogP contribution < -0.4 is 0 Å². The maximum Gasteiger partial charge on any atom is 0.422 e. The fraction of sp³-hybridized carbons (Fsp3) is 0.182. The van der Waals surface area contributed by atoms with Gasteiger partial charge in [0.1, 0.15) is 0 Å². The highest BCUT2D eigenvalue weighted by atomic mass is 19.4. The molecule has 0 bridgehead atoms. The number of nitro groups is 1. The van der Waals surface area contributed by atoms with Gasteiger partial charge in [-0.05, 0) is 11.6 Å². The second-order valence-electron chi connectivity index (χ2n) is 3.41. The number of alkyl halides is 3. The highest BCUT2D eigenvalue weighted by molar-refractivity contribution is 5.87. The number of nitrogens with zero attached hydrogens (tertiary/aromatic N) is 1. The van der Waals surface area contributed by atoms with E-state index in [1.807, 2.05) is 0 Å². The van der Waals surface area contributed by atoms with Crippen molar-refractivity contribution < 1.29 is 27.6 Å². The molecule has 0 amide bonds. The summed E-state index contributed by atoms with van der Waals surface area (Å²) in [5.74, 6) is -1.18. The summed E-state index contributed by atoms with van der Waals surface area (Å²) in [5.41, 5.74) is 0.115. The monoisotopic (exact) mass is 275 g/mol. The van der Waals surface area contributed by atoms with Crippen molar-refractivity contribution in [3.63, 3.8) is 0 Å². The average Bonchev–Trinajstić information content (AvgIpc) is 2.33. The zero-order chi connectivity index (χ0) is 14.5. The first-order valence-electron chi connectivity index (χ1n) is 4.94. The summed E-state index contributed by atoms with van der Waals surface area (Å²) in [4.78, 5) is 20.8. The quantitative estimate of drug-likeness (QED) is 0.366. The van der Waals surface area contributed by atoms with Crippen molar-refractivity contribution in [2.24, 2.45) is 0 Å². The smallest absolute Gasteiger partial charge is 0.422 e. The van der Waals surface area contributed by atoms with E-state index in [0.717, 1.165) is 12.2 Å². The Balaban J connectivity index is 2.64. The molecule has 0 spiro atoms. The Labute approximate surface area is 105 Å². The molecule has 0 saturated carbocycles. The summed E-state index contributed by atoms with van der Waals surface area (Å²) in [6.07, 6.45) is -2.69. The number of ether oxygens (including phenoxy) is 1. The minimum Gasteiger partial charge on any atom is -0.453 e. The first-order chi connectivity index (χ1) is 8.78. The van der Waals surface area contributed by atoms with E-state index in [2.05, 4.69) is 4.74 Å². The molecule has 0 aromatic heterocycles. The molecule has 1 aromatic rings.